The molecule has 8 atom stereocenters. The first-order valence-electron chi connectivity index (χ1n) is 22.7. The number of rotatable bonds is 44. The van der Waals surface area contributed by atoms with Crippen LogP contribution in [-0.4, -0.2) is 138 Å². The fourth-order valence-corrected chi connectivity index (χ4v) is 5.90. The molecule has 0 saturated carbocycles. The van der Waals surface area contributed by atoms with Crippen LogP contribution in [0.4, 0.5) is 0 Å². The highest BCUT2D eigenvalue weighted by atomic mass is 16.6. The van der Waals surface area contributed by atoms with E-state index in [0.717, 1.165) is 103 Å². The molecule has 0 rings (SSSR count). The second-order valence-electron chi connectivity index (χ2n) is 14.7. The Bertz CT molecular complexity index is 703. The average Bonchev–Trinajstić information content (AvgIpc) is 3.19. The first-order chi connectivity index (χ1) is 27.0. The molecule has 0 amide bonds. The van der Waals surface area contributed by atoms with E-state index in [2.05, 4.69) is 55.4 Å². The van der Waals surface area contributed by atoms with Gasteiger partial charge in [-0.15, -0.1) is 0 Å². The Hall–Kier alpha value is -0.440. The van der Waals surface area contributed by atoms with E-state index in [9.17, 15) is 10.2 Å². The number of hydrogen-bond donors (Lipinski definition) is 2. The van der Waals surface area contributed by atoms with E-state index in [0.29, 0.717) is 52.9 Å². The van der Waals surface area contributed by atoms with Gasteiger partial charge in [0.15, 0.2) is 0 Å². The molecule has 0 aromatic carbocycles. The van der Waals surface area contributed by atoms with Crippen molar-refractivity contribution in [3.05, 3.63) is 0 Å². The maximum atomic E-state index is 10.6. The normalized spacial score (nSPS) is 16.5. The molecule has 0 aromatic heterocycles. The van der Waals surface area contributed by atoms with E-state index in [4.69, 9.17) is 42.6 Å². The summed E-state index contributed by atoms with van der Waals surface area (Å²) in [5.74, 6) is 0. The summed E-state index contributed by atoms with van der Waals surface area (Å²) in [5, 5.41) is 21.3. The van der Waals surface area contributed by atoms with Crippen molar-refractivity contribution < 1.29 is 52.8 Å². The third kappa shape index (κ3) is 26.3. The van der Waals surface area contributed by atoms with Crippen LogP contribution in [0.2, 0.25) is 0 Å². The summed E-state index contributed by atoms with van der Waals surface area (Å²) < 4.78 is 58.8. The molecule has 0 aliphatic rings. The third-order valence-electron chi connectivity index (χ3n) is 9.59. The molecule has 0 aromatic rings. The highest BCUT2D eigenvalue weighted by Gasteiger charge is 2.40. The standard InChI is InChI=1S/C44H90O11/c1-9-17-25-48-37(33-45)41(52-29-21-13-5)43(54-31-23-15-7)39(50-27-19-11-3)35-47-36-40(51-28-20-12-4)44(55-32-24-16-8)42(53-30-22-14-6)38(34-46)49-26-18-10-2/h37-46H,9-36H2,1-8H3/t37-,38-,39-,40-,41-,42-,43-,44-/m1/s1. The van der Waals surface area contributed by atoms with Crippen LogP contribution >= 0.6 is 0 Å². The van der Waals surface area contributed by atoms with Gasteiger partial charge in [-0.05, 0) is 51.4 Å². The van der Waals surface area contributed by atoms with Crippen molar-refractivity contribution in [1.29, 1.82) is 0 Å². The molecule has 11 heteroatoms. The summed E-state index contributed by atoms with van der Waals surface area (Å²) in [5.41, 5.74) is 0. The first-order valence-corrected chi connectivity index (χ1v) is 22.7. The molecule has 0 bridgehead atoms. The Morgan fingerprint density at radius 2 is 0.491 bits per heavy atom. The fraction of sp³-hybridized carbons (Fsp3) is 1.00. The predicted molar refractivity (Wildman–Crippen MR) is 222 cm³/mol. The molecule has 0 aliphatic carbocycles. The Labute approximate surface area is 338 Å². The minimum atomic E-state index is -0.571. The molecule has 0 radical (unpaired) electrons. The maximum Gasteiger partial charge on any atom is 0.115 e. The Morgan fingerprint density at radius 1 is 0.291 bits per heavy atom. The van der Waals surface area contributed by atoms with Gasteiger partial charge in [-0.25, -0.2) is 0 Å². The fourth-order valence-electron chi connectivity index (χ4n) is 5.90. The molecule has 11 nitrogen and oxygen atoms in total. The summed E-state index contributed by atoms with van der Waals surface area (Å²) >= 11 is 0. The molecule has 2 N–H and O–H groups in total. The second-order valence-corrected chi connectivity index (χ2v) is 14.7. The zero-order valence-electron chi connectivity index (χ0n) is 37.0. The lowest BCUT2D eigenvalue weighted by Gasteiger charge is -2.38. The Balaban J connectivity index is 6.78. The zero-order chi connectivity index (χ0) is 40.8. The van der Waals surface area contributed by atoms with Crippen LogP contribution in [0.5, 0.6) is 0 Å². The van der Waals surface area contributed by atoms with Crippen LogP contribution < -0.4 is 0 Å². The van der Waals surface area contributed by atoms with E-state index in [1.54, 1.807) is 0 Å². The van der Waals surface area contributed by atoms with Gasteiger partial charge in [0.1, 0.15) is 48.8 Å². The number of aliphatic hydroxyl groups is 2. The van der Waals surface area contributed by atoms with Gasteiger partial charge < -0.3 is 52.8 Å². The average molecular weight is 795 g/mol. The van der Waals surface area contributed by atoms with Gasteiger partial charge >= 0.3 is 0 Å². The van der Waals surface area contributed by atoms with Gasteiger partial charge in [-0.1, -0.05) is 107 Å². The maximum absolute atomic E-state index is 10.6. The monoisotopic (exact) mass is 795 g/mol. The Morgan fingerprint density at radius 3 is 0.709 bits per heavy atom. The van der Waals surface area contributed by atoms with E-state index < -0.39 is 48.8 Å². The second kappa shape index (κ2) is 40.3. The highest BCUT2D eigenvalue weighted by molar-refractivity contribution is 4.89. The van der Waals surface area contributed by atoms with E-state index >= 15 is 0 Å². The quantitative estimate of drug-likeness (QED) is 0.0578. The first kappa shape index (κ1) is 54.6. The highest BCUT2D eigenvalue weighted by Crippen LogP contribution is 2.24. The van der Waals surface area contributed by atoms with Crippen LogP contribution in [-0.2, 0) is 42.6 Å². The molecule has 0 unspecified atom stereocenters. The van der Waals surface area contributed by atoms with Crippen LogP contribution in [0.3, 0.4) is 0 Å². The van der Waals surface area contributed by atoms with Crippen LogP contribution in [0, 0.1) is 0 Å². The molecule has 55 heavy (non-hydrogen) atoms. The van der Waals surface area contributed by atoms with Gasteiger partial charge in [0.05, 0.1) is 26.4 Å². The van der Waals surface area contributed by atoms with Crippen LogP contribution in [0.25, 0.3) is 0 Å². The van der Waals surface area contributed by atoms with Crippen molar-refractivity contribution in [2.24, 2.45) is 0 Å². The minimum absolute atomic E-state index is 0.188. The number of unbranched alkanes of at least 4 members (excludes halogenated alkanes) is 8. The predicted octanol–water partition coefficient (Wildman–Crippen LogP) is 8.47. The van der Waals surface area contributed by atoms with Crippen molar-refractivity contribution in [2.75, 3.05) is 79.3 Å². The molecule has 0 fully saturated rings. The summed E-state index contributed by atoms with van der Waals surface area (Å²) in [4.78, 5) is 0. The largest absolute Gasteiger partial charge is 0.394 e. The van der Waals surface area contributed by atoms with Crippen molar-refractivity contribution in [1.82, 2.24) is 0 Å². The smallest absolute Gasteiger partial charge is 0.115 e. The van der Waals surface area contributed by atoms with Gasteiger partial charge in [-0.2, -0.15) is 0 Å². The van der Waals surface area contributed by atoms with Gasteiger partial charge in [0.25, 0.3) is 0 Å². The number of aliphatic hydroxyl groups excluding tert-OH is 2. The van der Waals surface area contributed by atoms with E-state index in [-0.39, 0.29) is 26.4 Å². The van der Waals surface area contributed by atoms with E-state index in [1.165, 1.54) is 0 Å². The lowest BCUT2D eigenvalue weighted by atomic mass is 10.0. The minimum Gasteiger partial charge on any atom is -0.394 e. The molecular weight excluding hydrogens is 704 g/mol. The summed E-state index contributed by atoms with van der Waals surface area (Å²) in [6.45, 7) is 21.4. The lowest BCUT2D eigenvalue weighted by Crippen LogP contribution is -2.54. The summed E-state index contributed by atoms with van der Waals surface area (Å²) in [6, 6.07) is 0. The SMILES string of the molecule is CCCCO[C@@H]([C@H](OCCCC)[C@@H](COC[C@@H](OCCCC)[C@@H](OCCCC)[C@H](OCCCC)[C@@H](CO)OCCCC)OCCCC)[C@@H](CO)OCCCC. The van der Waals surface area contributed by atoms with Gasteiger partial charge in [0.2, 0.25) is 0 Å². The molecule has 0 saturated heterocycles. The van der Waals surface area contributed by atoms with Crippen molar-refractivity contribution >= 4 is 0 Å². The summed E-state index contributed by atoms with van der Waals surface area (Å²) in [6.07, 6.45) is 10.7. The topological polar surface area (TPSA) is 124 Å². The molecular formula is C44H90O11. The van der Waals surface area contributed by atoms with Crippen LogP contribution in [0.1, 0.15) is 158 Å². The molecule has 0 heterocycles. The molecule has 332 valence electrons. The summed E-state index contributed by atoms with van der Waals surface area (Å²) in [7, 11) is 0. The number of hydrogen-bond acceptors (Lipinski definition) is 11. The van der Waals surface area contributed by atoms with Gasteiger partial charge in [0, 0.05) is 52.9 Å². The van der Waals surface area contributed by atoms with Crippen molar-refractivity contribution in [3.63, 3.8) is 0 Å². The third-order valence-corrected chi connectivity index (χ3v) is 9.59. The van der Waals surface area contributed by atoms with Gasteiger partial charge in [-0.3, -0.25) is 0 Å². The molecule has 0 spiro atoms. The zero-order valence-corrected chi connectivity index (χ0v) is 37.0. The van der Waals surface area contributed by atoms with Crippen molar-refractivity contribution in [3.8, 4) is 0 Å². The lowest BCUT2D eigenvalue weighted by molar-refractivity contribution is -0.208. The molecule has 0 aliphatic heterocycles. The van der Waals surface area contributed by atoms with E-state index in [1.807, 2.05) is 0 Å². The number of ether oxygens (including phenoxy) is 9. The Kier molecular flexibility index (Phi) is 40.0. The van der Waals surface area contributed by atoms with Crippen molar-refractivity contribution in [2.45, 2.75) is 207 Å². The van der Waals surface area contributed by atoms with Crippen LogP contribution in [0.15, 0.2) is 0 Å².